The molecule has 0 heterocycles. The third kappa shape index (κ3) is 4.60. The van der Waals surface area contributed by atoms with Crippen molar-refractivity contribution in [2.45, 2.75) is 20.8 Å². The number of rotatable bonds is 4. The number of nitro benzene ring substituents is 1. The largest absolute Gasteiger partial charge is 0.331 e. The van der Waals surface area contributed by atoms with Crippen molar-refractivity contribution in [3.8, 4) is 0 Å². The second kappa shape index (κ2) is 7.65. The van der Waals surface area contributed by atoms with E-state index in [0.717, 1.165) is 11.3 Å². The molecule has 0 bridgehead atoms. The highest BCUT2D eigenvalue weighted by Gasteiger charge is 2.07. The van der Waals surface area contributed by atoms with E-state index in [1.165, 1.54) is 17.7 Å². The molecule has 124 valence electrons. The molecule has 7 heteroatoms. The number of nitrogens with zero attached hydrogens (tertiary/aromatic N) is 2. The second-order valence-electron chi connectivity index (χ2n) is 5.39. The number of aryl methyl sites for hydroxylation is 2. The third-order valence-corrected chi connectivity index (χ3v) is 3.62. The zero-order chi connectivity index (χ0) is 17.7. The highest BCUT2D eigenvalue weighted by Crippen LogP contribution is 2.16. The summed E-state index contributed by atoms with van der Waals surface area (Å²) in [5.41, 5.74) is 7.21. The number of hydrogen-bond acceptors (Lipinski definition) is 4. The van der Waals surface area contributed by atoms with E-state index < -0.39 is 4.92 Å². The van der Waals surface area contributed by atoms with Crippen molar-refractivity contribution in [3.63, 3.8) is 0 Å². The minimum Gasteiger partial charge on any atom is -0.331 e. The minimum absolute atomic E-state index is 0.0260. The lowest BCUT2D eigenvalue weighted by atomic mass is 10.1. The Morgan fingerprint density at radius 1 is 1.21 bits per heavy atom. The van der Waals surface area contributed by atoms with Crippen molar-refractivity contribution in [1.82, 2.24) is 5.43 Å². The van der Waals surface area contributed by atoms with Gasteiger partial charge >= 0.3 is 0 Å². The Morgan fingerprint density at radius 3 is 2.62 bits per heavy atom. The first-order valence-corrected chi connectivity index (χ1v) is 7.71. The van der Waals surface area contributed by atoms with Gasteiger partial charge in [-0.1, -0.05) is 29.8 Å². The molecular weight excluding hydrogens is 324 g/mol. The van der Waals surface area contributed by atoms with Gasteiger partial charge in [0.05, 0.1) is 10.6 Å². The van der Waals surface area contributed by atoms with Gasteiger partial charge in [0.2, 0.25) is 0 Å². The molecule has 0 aliphatic heterocycles. The molecule has 0 aliphatic rings. The molecule has 0 saturated heterocycles. The zero-order valence-corrected chi connectivity index (χ0v) is 14.5. The smallest absolute Gasteiger partial charge is 0.270 e. The van der Waals surface area contributed by atoms with E-state index in [9.17, 15) is 10.1 Å². The fourth-order valence-corrected chi connectivity index (χ4v) is 2.30. The first-order chi connectivity index (χ1) is 11.4. The predicted octanol–water partition coefficient (Wildman–Crippen LogP) is 3.92. The van der Waals surface area contributed by atoms with E-state index in [-0.39, 0.29) is 5.69 Å². The molecule has 2 N–H and O–H groups in total. The van der Waals surface area contributed by atoms with E-state index >= 15 is 0 Å². The molecule has 0 fully saturated rings. The Morgan fingerprint density at radius 2 is 1.96 bits per heavy atom. The van der Waals surface area contributed by atoms with Crippen LogP contribution in [-0.2, 0) is 0 Å². The van der Waals surface area contributed by atoms with Crippen molar-refractivity contribution in [1.29, 1.82) is 0 Å². The lowest BCUT2D eigenvalue weighted by Crippen LogP contribution is -2.25. The summed E-state index contributed by atoms with van der Waals surface area (Å²) in [4.78, 5) is 10.4. The van der Waals surface area contributed by atoms with E-state index in [2.05, 4.69) is 21.9 Å². The molecule has 2 rings (SSSR count). The number of thiocarbonyl (C=S) groups is 1. The maximum atomic E-state index is 10.8. The summed E-state index contributed by atoms with van der Waals surface area (Å²) in [7, 11) is 0. The van der Waals surface area contributed by atoms with Crippen LogP contribution in [0.3, 0.4) is 0 Å². The van der Waals surface area contributed by atoms with Crippen LogP contribution < -0.4 is 10.7 Å². The summed E-state index contributed by atoms with van der Waals surface area (Å²) < 4.78 is 0. The average molecular weight is 342 g/mol. The summed E-state index contributed by atoms with van der Waals surface area (Å²) in [6, 6.07) is 12.3. The molecule has 6 nitrogen and oxygen atoms in total. The van der Waals surface area contributed by atoms with Crippen LogP contribution in [0.5, 0.6) is 0 Å². The van der Waals surface area contributed by atoms with Gasteiger partial charge in [-0.25, -0.2) is 0 Å². The van der Waals surface area contributed by atoms with Crippen molar-refractivity contribution < 1.29 is 4.92 Å². The summed E-state index contributed by atoms with van der Waals surface area (Å²) in [6.45, 7) is 5.78. The van der Waals surface area contributed by atoms with Crippen LogP contribution in [0.2, 0.25) is 0 Å². The van der Waals surface area contributed by atoms with Crippen LogP contribution in [0.4, 0.5) is 11.4 Å². The van der Waals surface area contributed by atoms with E-state index in [0.29, 0.717) is 16.4 Å². The van der Waals surface area contributed by atoms with Gasteiger partial charge in [0.15, 0.2) is 5.11 Å². The number of benzene rings is 2. The summed E-state index contributed by atoms with van der Waals surface area (Å²) in [6.07, 6.45) is 0. The number of nitro groups is 1. The Hall–Kier alpha value is -2.80. The maximum absolute atomic E-state index is 10.8. The highest BCUT2D eigenvalue weighted by atomic mass is 32.1. The topological polar surface area (TPSA) is 79.6 Å². The molecule has 0 radical (unpaired) electrons. The van der Waals surface area contributed by atoms with Crippen molar-refractivity contribution >= 4 is 34.4 Å². The molecule has 0 spiro atoms. The van der Waals surface area contributed by atoms with Gasteiger partial charge in [-0.05, 0) is 44.6 Å². The van der Waals surface area contributed by atoms with E-state index in [4.69, 9.17) is 12.2 Å². The second-order valence-corrected chi connectivity index (χ2v) is 5.80. The van der Waals surface area contributed by atoms with Crippen LogP contribution in [0, 0.1) is 24.0 Å². The zero-order valence-electron chi connectivity index (χ0n) is 13.7. The number of hydrogen-bond donors (Lipinski definition) is 2. The molecule has 0 atom stereocenters. The minimum atomic E-state index is -0.434. The molecule has 0 aromatic heterocycles. The quantitative estimate of drug-likeness (QED) is 0.381. The van der Waals surface area contributed by atoms with Gasteiger partial charge in [-0.2, -0.15) is 5.10 Å². The molecular formula is C17H18N4O2S. The predicted molar refractivity (Wildman–Crippen MR) is 101 cm³/mol. The first kappa shape index (κ1) is 17.6. The first-order valence-electron chi connectivity index (χ1n) is 7.30. The van der Waals surface area contributed by atoms with Crippen molar-refractivity contribution in [3.05, 3.63) is 69.3 Å². The molecule has 2 aromatic rings. The van der Waals surface area contributed by atoms with Gasteiger partial charge in [-0.15, -0.1) is 0 Å². The van der Waals surface area contributed by atoms with Crippen LogP contribution in [-0.4, -0.2) is 15.7 Å². The summed E-state index contributed by atoms with van der Waals surface area (Å²) in [5, 5.41) is 18.4. The lowest BCUT2D eigenvalue weighted by Gasteiger charge is -2.11. The molecule has 0 unspecified atom stereocenters. The van der Waals surface area contributed by atoms with Crippen molar-refractivity contribution in [2.24, 2.45) is 5.10 Å². The standard InChI is InChI=1S/C17H18N4O2S/c1-11-7-8-16(12(2)9-11)18-17(24)20-19-13(3)14-5-4-6-15(10-14)21(22)23/h4-10H,1-3H3,(H2,18,20,24)/b19-13+. The fraction of sp³-hybridized carbons (Fsp3) is 0.176. The maximum Gasteiger partial charge on any atom is 0.270 e. The normalized spacial score (nSPS) is 11.0. The number of nitrogens with one attached hydrogen (secondary N) is 2. The summed E-state index contributed by atoms with van der Waals surface area (Å²) >= 11 is 5.23. The third-order valence-electron chi connectivity index (χ3n) is 3.43. The van der Waals surface area contributed by atoms with Gasteiger partial charge in [0.1, 0.15) is 0 Å². The molecule has 2 aromatic carbocycles. The number of non-ortho nitro benzene ring substituents is 1. The van der Waals surface area contributed by atoms with Crippen LogP contribution in [0.25, 0.3) is 0 Å². The molecule has 0 aliphatic carbocycles. The molecule has 24 heavy (non-hydrogen) atoms. The van der Waals surface area contributed by atoms with Gasteiger partial charge in [-0.3, -0.25) is 15.5 Å². The number of hydrazone groups is 1. The molecule has 0 saturated carbocycles. The Kier molecular flexibility index (Phi) is 5.59. The van der Waals surface area contributed by atoms with Crippen molar-refractivity contribution in [2.75, 3.05) is 5.32 Å². The van der Waals surface area contributed by atoms with E-state index in [1.807, 2.05) is 26.0 Å². The van der Waals surface area contributed by atoms with E-state index in [1.54, 1.807) is 19.1 Å². The van der Waals surface area contributed by atoms with Gasteiger partial charge in [0, 0.05) is 23.4 Å². The Bertz CT molecular complexity index is 818. The van der Waals surface area contributed by atoms with Crippen LogP contribution in [0.1, 0.15) is 23.6 Å². The molecule has 0 amide bonds. The van der Waals surface area contributed by atoms with Crippen LogP contribution >= 0.6 is 12.2 Å². The van der Waals surface area contributed by atoms with Gasteiger partial charge < -0.3 is 5.32 Å². The Labute approximate surface area is 145 Å². The average Bonchev–Trinajstić information content (AvgIpc) is 2.55. The lowest BCUT2D eigenvalue weighted by molar-refractivity contribution is -0.384. The van der Waals surface area contributed by atoms with Crippen LogP contribution in [0.15, 0.2) is 47.6 Å². The SMILES string of the molecule is C/C(=N\NC(=S)Nc1ccc(C)cc1C)c1cccc([N+](=O)[O-])c1. The van der Waals surface area contributed by atoms with Gasteiger partial charge in [0.25, 0.3) is 5.69 Å². The highest BCUT2D eigenvalue weighted by molar-refractivity contribution is 7.80. The Balaban J connectivity index is 2.05. The number of anilines is 1. The fourth-order valence-electron chi connectivity index (χ4n) is 2.15. The monoisotopic (exact) mass is 342 g/mol. The summed E-state index contributed by atoms with van der Waals surface area (Å²) in [5.74, 6) is 0.